The van der Waals surface area contributed by atoms with E-state index in [2.05, 4.69) is 20.1 Å². The lowest BCUT2D eigenvalue weighted by atomic mass is 9.99. The summed E-state index contributed by atoms with van der Waals surface area (Å²) in [6.07, 6.45) is 21.4. The van der Waals surface area contributed by atoms with Gasteiger partial charge in [-0.05, 0) is 6.42 Å². The second-order valence-corrected chi connectivity index (χ2v) is 8.08. The molecule has 0 rings (SSSR count). The minimum absolute atomic E-state index is 0.240. The normalized spacial score (nSPS) is 12.9. The average Bonchev–Trinajstić information content (AvgIpc) is 2.70. The second-order valence-electron chi connectivity index (χ2n) is 8.08. The van der Waals surface area contributed by atoms with Gasteiger partial charge in [-0.15, -0.1) is 13.2 Å². The van der Waals surface area contributed by atoms with Crippen molar-refractivity contribution in [2.75, 3.05) is 0 Å². The van der Waals surface area contributed by atoms with Crippen molar-refractivity contribution in [2.24, 2.45) is 11.7 Å². The maximum atomic E-state index is 12.2. The van der Waals surface area contributed by atoms with E-state index in [1.54, 1.807) is 6.08 Å². The Kier molecular flexibility index (Phi) is 18.6. The van der Waals surface area contributed by atoms with E-state index in [4.69, 9.17) is 10.5 Å². The summed E-state index contributed by atoms with van der Waals surface area (Å²) in [5.74, 6) is -1.43. The standard InChI is InChI=1S/C25H45NO3/c1-4-7-8-9-10-11-12-13-14-15-16-17-18-19-21-22(6-3)25(28)29-23(20-5-2)24(26)27/h5-6,22-23H,2-4,7-21H2,1H3,(H2,26,27). The van der Waals surface area contributed by atoms with Gasteiger partial charge in [0.1, 0.15) is 0 Å². The zero-order valence-corrected chi connectivity index (χ0v) is 18.8. The Labute approximate surface area is 179 Å². The highest BCUT2D eigenvalue weighted by molar-refractivity contribution is 5.83. The zero-order chi connectivity index (χ0) is 21.7. The molecule has 4 nitrogen and oxygen atoms in total. The topological polar surface area (TPSA) is 69.4 Å². The van der Waals surface area contributed by atoms with Crippen LogP contribution in [-0.2, 0) is 14.3 Å². The van der Waals surface area contributed by atoms with Crippen LogP contribution in [0.4, 0.5) is 0 Å². The fourth-order valence-electron chi connectivity index (χ4n) is 3.49. The van der Waals surface area contributed by atoms with Gasteiger partial charge in [0.05, 0.1) is 5.92 Å². The molecule has 0 radical (unpaired) electrons. The highest BCUT2D eigenvalue weighted by Crippen LogP contribution is 2.17. The lowest BCUT2D eigenvalue weighted by Gasteiger charge is -2.17. The van der Waals surface area contributed by atoms with Crippen molar-refractivity contribution in [3.05, 3.63) is 25.3 Å². The molecule has 0 aromatic carbocycles. The summed E-state index contributed by atoms with van der Waals surface area (Å²) in [5, 5.41) is 0. The number of nitrogens with two attached hydrogens (primary N) is 1. The Morgan fingerprint density at radius 3 is 1.66 bits per heavy atom. The third-order valence-electron chi connectivity index (χ3n) is 5.41. The SMILES string of the molecule is C=CCC(OC(=O)C(C=C)CCCCCCCCCCCCCCCC)C(N)=O. The Balaban J connectivity index is 3.67. The van der Waals surface area contributed by atoms with Crippen molar-refractivity contribution in [3.8, 4) is 0 Å². The molecule has 168 valence electrons. The number of carbonyl (C=O) groups excluding carboxylic acids is 2. The van der Waals surface area contributed by atoms with Crippen LogP contribution in [0.15, 0.2) is 25.3 Å². The molecule has 29 heavy (non-hydrogen) atoms. The Bertz CT molecular complexity index is 447. The molecule has 0 aliphatic rings. The monoisotopic (exact) mass is 407 g/mol. The quantitative estimate of drug-likeness (QED) is 0.132. The van der Waals surface area contributed by atoms with E-state index in [0.29, 0.717) is 6.42 Å². The number of ether oxygens (including phenoxy) is 1. The third kappa shape index (κ3) is 16.0. The van der Waals surface area contributed by atoms with Crippen LogP contribution in [0.1, 0.15) is 110 Å². The highest BCUT2D eigenvalue weighted by atomic mass is 16.5. The summed E-state index contributed by atoms with van der Waals surface area (Å²) >= 11 is 0. The fraction of sp³-hybridized carbons (Fsp3) is 0.760. The van der Waals surface area contributed by atoms with Crippen LogP contribution >= 0.6 is 0 Å². The second kappa shape index (κ2) is 19.7. The average molecular weight is 408 g/mol. The van der Waals surface area contributed by atoms with Crippen molar-refractivity contribution in [3.63, 3.8) is 0 Å². The van der Waals surface area contributed by atoms with Gasteiger partial charge in [-0.1, -0.05) is 109 Å². The van der Waals surface area contributed by atoms with Gasteiger partial charge in [0.2, 0.25) is 0 Å². The molecule has 2 N–H and O–H groups in total. The number of primary amides is 1. The molecular formula is C25H45NO3. The fourth-order valence-corrected chi connectivity index (χ4v) is 3.49. The van der Waals surface area contributed by atoms with Crippen LogP contribution in [0.5, 0.6) is 0 Å². The molecule has 0 saturated heterocycles. The Hall–Kier alpha value is -1.58. The van der Waals surface area contributed by atoms with Crippen molar-refractivity contribution in [2.45, 2.75) is 116 Å². The summed E-state index contributed by atoms with van der Waals surface area (Å²) in [4.78, 5) is 23.5. The van der Waals surface area contributed by atoms with E-state index in [1.807, 2.05) is 0 Å². The van der Waals surface area contributed by atoms with Crippen LogP contribution in [0.25, 0.3) is 0 Å². The molecule has 1 amide bonds. The van der Waals surface area contributed by atoms with E-state index < -0.39 is 18.0 Å². The lowest BCUT2D eigenvalue weighted by Crippen LogP contribution is -2.34. The maximum Gasteiger partial charge on any atom is 0.313 e. The molecular weight excluding hydrogens is 362 g/mol. The first-order chi connectivity index (χ1) is 14.1. The predicted octanol–water partition coefficient (Wildman–Crippen LogP) is 6.63. The number of esters is 1. The molecule has 0 aromatic heterocycles. The molecule has 0 saturated carbocycles. The van der Waals surface area contributed by atoms with Gasteiger partial charge in [0.25, 0.3) is 5.91 Å². The minimum Gasteiger partial charge on any atom is -0.451 e. The minimum atomic E-state index is -0.932. The number of rotatable bonds is 21. The molecule has 0 heterocycles. The lowest BCUT2D eigenvalue weighted by molar-refractivity contribution is -0.157. The maximum absolute atomic E-state index is 12.2. The van der Waals surface area contributed by atoms with Gasteiger partial charge < -0.3 is 10.5 Å². The van der Waals surface area contributed by atoms with Gasteiger partial charge in [-0.3, -0.25) is 9.59 Å². The van der Waals surface area contributed by atoms with Crippen molar-refractivity contribution in [1.82, 2.24) is 0 Å². The first-order valence-corrected chi connectivity index (χ1v) is 11.8. The van der Waals surface area contributed by atoms with Crippen molar-refractivity contribution < 1.29 is 14.3 Å². The number of carbonyl (C=O) groups is 2. The first kappa shape index (κ1) is 27.4. The predicted molar refractivity (Wildman–Crippen MR) is 123 cm³/mol. The molecule has 0 spiro atoms. The molecule has 2 atom stereocenters. The summed E-state index contributed by atoms with van der Waals surface area (Å²) in [5.41, 5.74) is 5.25. The molecule has 4 heteroatoms. The van der Waals surface area contributed by atoms with Crippen LogP contribution in [-0.4, -0.2) is 18.0 Å². The van der Waals surface area contributed by atoms with Crippen molar-refractivity contribution >= 4 is 11.9 Å². The highest BCUT2D eigenvalue weighted by Gasteiger charge is 2.23. The Morgan fingerprint density at radius 2 is 1.28 bits per heavy atom. The van der Waals surface area contributed by atoms with E-state index in [0.717, 1.165) is 12.8 Å². The van der Waals surface area contributed by atoms with Crippen LogP contribution < -0.4 is 5.73 Å². The van der Waals surface area contributed by atoms with Crippen LogP contribution in [0.2, 0.25) is 0 Å². The molecule has 0 fully saturated rings. The molecule has 0 aliphatic carbocycles. The number of amides is 1. The number of hydrogen-bond acceptors (Lipinski definition) is 3. The third-order valence-corrected chi connectivity index (χ3v) is 5.41. The summed E-state index contributed by atoms with van der Waals surface area (Å²) in [7, 11) is 0. The van der Waals surface area contributed by atoms with Crippen molar-refractivity contribution in [1.29, 1.82) is 0 Å². The van der Waals surface area contributed by atoms with Crippen LogP contribution in [0.3, 0.4) is 0 Å². The van der Waals surface area contributed by atoms with Crippen LogP contribution in [0, 0.1) is 5.92 Å². The Morgan fingerprint density at radius 1 is 0.828 bits per heavy atom. The van der Waals surface area contributed by atoms with E-state index in [-0.39, 0.29) is 12.3 Å². The number of hydrogen-bond donors (Lipinski definition) is 1. The first-order valence-electron chi connectivity index (χ1n) is 11.8. The van der Waals surface area contributed by atoms with E-state index >= 15 is 0 Å². The van der Waals surface area contributed by atoms with E-state index in [1.165, 1.54) is 83.1 Å². The molecule has 2 unspecified atom stereocenters. The summed E-state index contributed by atoms with van der Waals surface area (Å²) < 4.78 is 5.22. The number of unbranched alkanes of at least 4 members (excludes halogenated alkanes) is 13. The largest absolute Gasteiger partial charge is 0.451 e. The smallest absolute Gasteiger partial charge is 0.313 e. The molecule has 0 aromatic rings. The van der Waals surface area contributed by atoms with Gasteiger partial charge in [-0.25, -0.2) is 0 Å². The zero-order valence-electron chi connectivity index (χ0n) is 18.8. The molecule has 0 bridgehead atoms. The van der Waals surface area contributed by atoms with Gasteiger partial charge in [0, 0.05) is 6.42 Å². The summed E-state index contributed by atoms with van der Waals surface area (Å²) in [6.45, 7) is 9.54. The van der Waals surface area contributed by atoms with Gasteiger partial charge in [-0.2, -0.15) is 0 Å². The van der Waals surface area contributed by atoms with E-state index in [9.17, 15) is 9.59 Å². The van der Waals surface area contributed by atoms with Gasteiger partial charge in [0.15, 0.2) is 6.10 Å². The summed E-state index contributed by atoms with van der Waals surface area (Å²) in [6, 6.07) is 0. The van der Waals surface area contributed by atoms with Gasteiger partial charge >= 0.3 is 5.97 Å². The molecule has 0 aliphatic heterocycles.